The lowest BCUT2D eigenvalue weighted by Gasteiger charge is -2.46. The first-order chi connectivity index (χ1) is 6.30. The number of carbonyl (C=O) groups excluding carboxylic acids is 1. The fourth-order valence-corrected chi connectivity index (χ4v) is 1.34. The summed E-state index contributed by atoms with van der Waals surface area (Å²) in [6.45, 7) is -1.38. The van der Waals surface area contributed by atoms with Gasteiger partial charge in [-0.3, -0.25) is 4.79 Å². The molecule has 14 heavy (non-hydrogen) atoms. The summed E-state index contributed by atoms with van der Waals surface area (Å²) < 4.78 is 36.3. The molecular formula is C7H9ClF3NO2. The van der Waals surface area contributed by atoms with Crippen LogP contribution in [0.15, 0.2) is 0 Å². The number of nitrogens with zero attached hydrogens (tertiary/aromatic N) is 1. The predicted molar refractivity (Wildman–Crippen MR) is 42.9 cm³/mol. The van der Waals surface area contributed by atoms with E-state index in [0.717, 1.165) is 4.90 Å². The maximum Gasteiger partial charge on any atom is 0.420 e. The molecule has 0 aliphatic carbocycles. The van der Waals surface area contributed by atoms with Crippen molar-refractivity contribution in [2.45, 2.75) is 18.2 Å². The van der Waals surface area contributed by atoms with Gasteiger partial charge in [0, 0.05) is 12.3 Å². The number of β-amino-alcohol motifs (C(OH)–C–C–N with tert-alkyl or cyclic N) is 1. The average molecular weight is 232 g/mol. The highest BCUT2D eigenvalue weighted by Gasteiger charge is 2.61. The van der Waals surface area contributed by atoms with Crippen LogP contribution < -0.4 is 0 Å². The minimum Gasteiger partial charge on any atom is -0.378 e. The van der Waals surface area contributed by atoms with Gasteiger partial charge in [0.25, 0.3) is 0 Å². The topological polar surface area (TPSA) is 40.5 Å². The zero-order valence-electron chi connectivity index (χ0n) is 7.14. The number of halogens is 4. The lowest BCUT2D eigenvalue weighted by atomic mass is 9.93. The summed E-state index contributed by atoms with van der Waals surface area (Å²) >= 11 is 5.25. The van der Waals surface area contributed by atoms with E-state index in [2.05, 4.69) is 0 Å². The van der Waals surface area contributed by atoms with Crippen LogP contribution in [0, 0.1) is 0 Å². The third-order valence-corrected chi connectivity index (χ3v) is 2.28. The van der Waals surface area contributed by atoms with Gasteiger partial charge in [0.1, 0.15) is 0 Å². The van der Waals surface area contributed by atoms with E-state index < -0.39 is 30.8 Å². The number of alkyl halides is 4. The molecule has 1 heterocycles. The Morgan fingerprint density at radius 2 is 2.00 bits per heavy atom. The molecule has 3 nitrogen and oxygen atoms in total. The zero-order valence-corrected chi connectivity index (χ0v) is 7.90. The largest absolute Gasteiger partial charge is 0.420 e. The van der Waals surface area contributed by atoms with Gasteiger partial charge in [0.2, 0.25) is 5.91 Å². The fraction of sp³-hybridized carbons (Fsp3) is 0.857. The van der Waals surface area contributed by atoms with E-state index in [1.807, 2.05) is 0 Å². The van der Waals surface area contributed by atoms with Gasteiger partial charge in [-0.05, 0) is 0 Å². The van der Waals surface area contributed by atoms with Crippen LogP contribution in [0.4, 0.5) is 13.2 Å². The van der Waals surface area contributed by atoms with Gasteiger partial charge in [-0.25, -0.2) is 0 Å². The van der Waals surface area contributed by atoms with Crippen LogP contribution in [0.2, 0.25) is 0 Å². The van der Waals surface area contributed by atoms with E-state index in [1.165, 1.54) is 0 Å². The lowest BCUT2D eigenvalue weighted by molar-refractivity contribution is -0.297. The number of rotatable bonds is 2. The van der Waals surface area contributed by atoms with Gasteiger partial charge >= 0.3 is 6.18 Å². The van der Waals surface area contributed by atoms with Crippen LogP contribution in [0.25, 0.3) is 0 Å². The van der Waals surface area contributed by atoms with Crippen LogP contribution in [-0.4, -0.2) is 46.7 Å². The molecule has 0 radical (unpaired) electrons. The summed E-state index contributed by atoms with van der Waals surface area (Å²) in [5.41, 5.74) is -2.73. The molecule has 0 bridgehead atoms. The van der Waals surface area contributed by atoms with Crippen molar-refractivity contribution in [3.05, 3.63) is 0 Å². The summed E-state index contributed by atoms with van der Waals surface area (Å²) in [5.74, 6) is -0.395. The maximum absolute atomic E-state index is 12.1. The van der Waals surface area contributed by atoms with Gasteiger partial charge in [0.15, 0.2) is 5.60 Å². The normalized spacial score (nSPS) is 20.5. The standard InChI is InChI=1S/C7H9ClF3NO2/c8-2-1-5(13)12-3-6(14,4-12)7(9,10)11/h14H,1-4H2. The molecule has 0 aromatic carbocycles. The summed E-state index contributed by atoms with van der Waals surface area (Å²) in [6, 6.07) is 0. The van der Waals surface area contributed by atoms with E-state index in [-0.39, 0.29) is 12.3 Å². The van der Waals surface area contributed by atoms with Gasteiger partial charge in [-0.2, -0.15) is 13.2 Å². The Labute approximate surface area is 83.4 Å². The SMILES string of the molecule is O=C(CCCl)N1CC(O)(C(F)(F)F)C1. The Morgan fingerprint density at radius 1 is 1.50 bits per heavy atom. The van der Waals surface area contributed by atoms with Crippen LogP contribution in [0.3, 0.4) is 0 Å². The molecule has 0 unspecified atom stereocenters. The van der Waals surface area contributed by atoms with Gasteiger partial charge < -0.3 is 10.0 Å². The molecule has 1 aliphatic rings. The van der Waals surface area contributed by atoms with E-state index >= 15 is 0 Å². The molecule has 0 aromatic heterocycles. The van der Waals surface area contributed by atoms with Crippen molar-refractivity contribution in [2.75, 3.05) is 19.0 Å². The molecular weight excluding hydrogens is 223 g/mol. The van der Waals surface area contributed by atoms with Crippen LogP contribution in [0.1, 0.15) is 6.42 Å². The molecule has 0 saturated carbocycles. The first-order valence-electron chi connectivity index (χ1n) is 3.93. The molecule has 1 N–H and O–H groups in total. The van der Waals surface area contributed by atoms with Crippen molar-refractivity contribution in [1.82, 2.24) is 4.90 Å². The summed E-state index contributed by atoms with van der Waals surface area (Å²) in [7, 11) is 0. The molecule has 1 aliphatic heterocycles. The Kier molecular flexibility index (Phi) is 2.96. The van der Waals surface area contributed by atoms with Crippen molar-refractivity contribution in [3.8, 4) is 0 Å². The van der Waals surface area contributed by atoms with Crippen molar-refractivity contribution in [1.29, 1.82) is 0 Å². The highest BCUT2D eigenvalue weighted by Crippen LogP contribution is 2.37. The van der Waals surface area contributed by atoms with Gasteiger partial charge in [-0.15, -0.1) is 11.6 Å². The Balaban J connectivity index is 2.47. The van der Waals surface area contributed by atoms with E-state index in [4.69, 9.17) is 16.7 Å². The first-order valence-corrected chi connectivity index (χ1v) is 4.46. The van der Waals surface area contributed by atoms with E-state index in [1.54, 1.807) is 0 Å². The van der Waals surface area contributed by atoms with Crippen molar-refractivity contribution in [3.63, 3.8) is 0 Å². The number of amides is 1. The fourth-order valence-electron chi connectivity index (χ4n) is 1.18. The van der Waals surface area contributed by atoms with E-state index in [0.29, 0.717) is 0 Å². The van der Waals surface area contributed by atoms with Crippen LogP contribution >= 0.6 is 11.6 Å². The minimum atomic E-state index is -4.68. The lowest BCUT2D eigenvalue weighted by Crippen LogP contribution is -2.70. The molecule has 0 atom stereocenters. The van der Waals surface area contributed by atoms with Crippen molar-refractivity contribution >= 4 is 17.5 Å². The molecule has 0 spiro atoms. The third kappa shape index (κ3) is 1.95. The number of hydrogen-bond acceptors (Lipinski definition) is 2. The predicted octanol–water partition coefficient (Wildman–Crippen LogP) is 0.751. The van der Waals surface area contributed by atoms with E-state index in [9.17, 15) is 18.0 Å². The van der Waals surface area contributed by atoms with Gasteiger partial charge in [0.05, 0.1) is 13.1 Å². The van der Waals surface area contributed by atoms with Crippen molar-refractivity contribution in [2.24, 2.45) is 0 Å². The molecule has 82 valence electrons. The summed E-state index contributed by atoms with van der Waals surface area (Å²) in [6.07, 6.45) is -4.68. The molecule has 1 saturated heterocycles. The highest BCUT2D eigenvalue weighted by molar-refractivity contribution is 6.18. The quantitative estimate of drug-likeness (QED) is 0.713. The second-order valence-electron chi connectivity index (χ2n) is 3.22. The van der Waals surface area contributed by atoms with Crippen LogP contribution in [0.5, 0.6) is 0 Å². The second-order valence-corrected chi connectivity index (χ2v) is 3.60. The Morgan fingerprint density at radius 3 is 2.36 bits per heavy atom. The molecule has 1 amide bonds. The molecule has 1 fully saturated rings. The average Bonchev–Trinajstić information content (AvgIpc) is 1.96. The molecule has 7 heteroatoms. The smallest absolute Gasteiger partial charge is 0.378 e. The number of carbonyl (C=O) groups is 1. The molecule has 1 rings (SSSR count). The highest BCUT2D eigenvalue weighted by atomic mass is 35.5. The summed E-state index contributed by atoms with van der Waals surface area (Å²) in [5, 5.41) is 8.98. The number of hydrogen-bond donors (Lipinski definition) is 1. The summed E-state index contributed by atoms with van der Waals surface area (Å²) in [4.78, 5) is 11.9. The minimum absolute atomic E-state index is 0.00447. The Bertz CT molecular complexity index is 238. The monoisotopic (exact) mass is 231 g/mol. The Hall–Kier alpha value is -0.490. The zero-order chi connectivity index (χ0) is 11.0. The van der Waals surface area contributed by atoms with Crippen molar-refractivity contribution < 1.29 is 23.1 Å². The van der Waals surface area contributed by atoms with Gasteiger partial charge in [-0.1, -0.05) is 0 Å². The number of likely N-dealkylation sites (tertiary alicyclic amines) is 1. The maximum atomic E-state index is 12.1. The third-order valence-electron chi connectivity index (χ3n) is 2.09. The van der Waals surface area contributed by atoms with Crippen LogP contribution in [-0.2, 0) is 4.79 Å². The molecule has 0 aromatic rings. The second kappa shape index (κ2) is 3.58. The number of aliphatic hydroxyl groups is 1. The first kappa shape index (κ1) is 11.6.